The summed E-state index contributed by atoms with van der Waals surface area (Å²) in [5.74, 6) is 0.402. The normalized spacial score (nSPS) is 25.1. The van der Waals surface area contributed by atoms with Crippen LogP contribution in [0.3, 0.4) is 0 Å². The third-order valence-electron chi connectivity index (χ3n) is 3.84. The summed E-state index contributed by atoms with van der Waals surface area (Å²) in [6, 6.07) is 8.84. The van der Waals surface area contributed by atoms with Crippen LogP contribution in [0.5, 0.6) is 0 Å². The van der Waals surface area contributed by atoms with Crippen LogP contribution < -0.4 is 5.32 Å². The minimum atomic E-state index is -0.180. The molecule has 2 aliphatic heterocycles. The van der Waals surface area contributed by atoms with E-state index in [1.165, 1.54) is 11.3 Å². The van der Waals surface area contributed by atoms with Crippen LogP contribution in [-0.2, 0) is 4.74 Å². The molecular formula is C14H18N2O2. The Morgan fingerprint density at radius 2 is 2.33 bits per heavy atom. The summed E-state index contributed by atoms with van der Waals surface area (Å²) >= 11 is 0. The third kappa shape index (κ3) is 1.82. The second-order valence-electron chi connectivity index (χ2n) is 4.88. The lowest BCUT2D eigenvalue weighted by molar-refractivity contribution is 0.0949. The van der Waals surface area contributed by atoms with Crippen molar-refractivity contribution in [1.29, 1.82) is 0 Å². The highest BCUT2D eigenvalue weighted by Gasteiger charge is 2.38. The predicted octanol–water partition coefficient (Wildman–Crippen LogP) is 2.43. The number of fused-ring (bicyclic) bond motifs is 3. The van der Waals surface area contributed by atoms with Gasteiger partial charge in [0.15, 0.2) is 0 Å². The Labute approximate surface area is 107 Å². The predicted molar refractivity (Wildman–Crippen MR) is 69.8 cm³/mol. The van der Waals surface area contributed by atoms with E-state index in [9.17, 15) is 4.79 Å². The maximum absolute atomic E-state index is 11.8. The molecule has 3 rings (SSSR count). The Bertz CT molecular complexity index is 461. The molecule has 0 bridgehead atoms. The number of benzene rings is 1. The van der Waals surface area contributed by atoms with Gasteiger partial charge < -0.3 is 15.0 Å². The second kappa shape index (κ2) is 4.52. The van der Waals surface area contributed by atoms with Crippen LogP contribution in [0.15, 0.2) is 24.3 Å². The molecule has 1 N–H and O–H groups in total. The van der Waals surface area contributed by atoms with Gasteiger partial charge in [0, 0.05) is 30.7 Å². The van der Waals surface area contributed by atoms with E-state index in [1.54, 1.807) is 0 Å². The van der Waals surface area contributed by atoms with E-state index >= 15 is 0 Å². The summed E-state index contributed by atoms with van der Waals surface area (Å²) in [4.78, 5) is 13.6. The number of para-hydroxylation sites is 1. The van der Waals surface area contributed by atoms with Gasteiger partial charge in [0.1, 0.15) is 0 Å². The van der Waals surface area contributed by atoms with Crippen molar-refractivity contribution in [2.75, 3.05) is 25.0 Å². The minimum absolute atomic E-state index is 0.180. The maximum atomic E-state index is 11.8. The van der Waals surface area contributed by atoms with Crippen molar-refractivity contribution in [3.8, 4) is 0 Å². The Morgan fingerprint density at radius 1 is 1.50 bits per heavy atom. The van der Waals surface area contributed by atoms with Gasteiger partial charge in [-0.05, 0) is 25.0 Å². The van der Waals surface area contributed by atoms with Crippen LogP contribution in [0.1, 0.15) is 24.8 Å². The lowest BCUT2D eigenvalue weighted by Gasteiger charge is -2.34. The molecule has 0 saturated carbocycles. The monoisotopic (exact) mass is 246 g/mol. The van der Waals surface area contributed by atoms with E-state index in [2.05, 4.69) is 23.5 Å². The van der Waals surface area contributed by atoms with Gasteiger partial charge in [-0.1, -0.05) is 18.2 Å². The molecule has 0 spiro atoms. The molecule has 2 unspecified atom stereocenters. The Balaban J connectivity index is 1.77. The first kappa shape index (κ1) is 11.4. The average molecular weight is 246 g/mol. The second-order valence-corrected chi connectivity index (χ2v) is 4.88. The molecule has 1 amide bonds. The molecule has 1 saturated heterocycles. The summed E-state index contributed by atoms with van der Waals surface area (Å²) in [5, 5.41) is 3.55. The lowest BCUT2D eigenvalue weighted by atomic mass is 9.89. The van der Waals surface area contributed by atoms with E-state index in [0.29, 0.717) is 18.6 Å². The third-order valence-corrected chi connectivity index (χ3v) is 3.84. The summed E-state index contributed by atoms with van der Waals surface area (Å²) < 4.78 is 5.08. The van der Waals surface area contributed by atoms with Gasteiger partial charge in [-0.3, -0.25) is 0 Å². The molecule has 0 radical (unpaired) electrons. The summed E-state index contributed by atoms with van der Waals surface area (Å²) in [5.41, 5.74) is 2.55. The quantitative estimate of drug-likeness (QED) is 0.827. The largest absolute Gasteiger partial charge is 0.450 e. The fourth-order valence-corrected chi connectivity index (χ4v) is 2.97. The molecule has 1 fully saturated rings. The first-order valence-electron chi connectivity index (χ1n) is 6.56. The smallest absolute Gasteiger partial charge is 0.409 e. The van der Waals surface area contributed by atoms with Crippen LogP contribution in [0, 0.1) is 0 Å². The molecule has 2 heterocycles. The molecule has 0 aliphatic carbocycles. The van der Waals surface area contributed by atoms with Crippen LogP contribution in [-0.4, -0.2) is 36.7 Å². The Hall–Kier alpha value is -1.71. The summed E-state index contributed by atoms with van der Waals surface area (Å²) in [6.45, 7) is 3.82. The fourth-order valence-electron chi connectivity index (χ4n) is 2.97. The number of carbonyl (C=O) groups excluding carboxylic acids is 1. The number of piperidine rings is 1. The van der Waals surface area contributed by atoms with Crippen molar-refractivity contribution >= 4 is 11.8 Å². The summed E-state index contributed by atoms with van der Waals surface area (Å²) in [7, 11) is 0. The first-order valence-corrected chi connectivity index (χ1v) is 6.56. The highest BCUT2D eigenvalue weighted by Crippen LogP contribution is 2.39. The zero-order valence-electron chi connectivity index (χ0n) is 10.6. The minimum Gasteiger partial charge on any atom is -0.450 e. The van der Waals surface area contributed by atoms with E-state index < -0.39 is 0 Å². The van der Waals surface area contributed by atoms with Gasteiger partial charge in [0.25, 0.3) is 0 Å². The Kier molecular flexibility index (Phi) is 2.86. The van der Waals surface area contributed by atoms with Gasteiger partial charge in [-0.15, -0.1) is 0 Å². The van der Waals surface area contributed by atoms with Crippen molar-refractivity contribution < 1.29 is 9.53 Å². The zero-order chi connectivity index (χ0) is 12.5. The number of anilines is 1. The topological polar surface area (TPSA) is 41.6 Å². The number of amides is 1. The number of carbonyl (C=O) groups is 1. The van der Waals surface area contributed by atoms with Gasteiger partial charge in [-0.25, -0.2) is 4.79 Å². The number of hydrogen-bond acceptors (Lipinski definition) is 3. The molecule has 1 aromatic rings. The Morgan fingerprint density at radius 3 is 3.17 bits per heavy atom. The van der Waals surface area contributed by atoms with E-state index in [4.69, 9.17) is 4.74 Å². The van der Waals surface area contributed by atoms with Gasteiger partial charge in [-0.2, -0.15) is 0 Å². The number of ether oxygens (including phenoxy) is 1. The van der Waals surface area contributed by atoms with Crippen LogP contribution in [0.25, 0.3) is 0 Å². The van der Waals surface area contributed by atoms with E-state index in [-0.39, 0.29) is 6.09 Å². The van der Waals surface area contributed by atoms with Crippen LogP contribution in [0.2, 0.25) is 0 Å². The molecule has 96 valence electrons. The standard InChI is InChI=1S/C14H18N2O2/c1-2-18-14(17)16-8-7-13-11(9-16)10-5-3-4-6-12(10)15-13/h3-6,11,13,15H,2,7-9H2,1H3. The highest BCUT2D eigenvalue weighted by molar-refractivity contribution is 5.69. The van der Waals surface area contributed by atoms with Crippen molar-refractivity contribution in [2.45, 2.75) is 25.3 Å². The molecule has 1 aromatic carbocycles. The fraction of sp³-hybridized carbons (Fsp3) is 0.500. The van der Waals surface area contributed by atoms with E-state index in [0.717, 1.165) is 19.5 Å². The lowest BCUT2D eigenvalue weighted by Crippen LogP contribution is -2.45. The molecule has 0 aromatic heterocycles. The van der Waals surface area contributed by atoms with Crippen molar-refractivity contribution in [1.82, 2.24) is 4.90 Å². The van der Waals surface area contributed by atoms with Gasteiger partial charge in [0.2, 0.25) is 0 Å². The molecule has 4 nitrogen and oxygen atoms in total. The van der Waals surface area contributed by atoms with Gasteiger partial charge in [0.05, 0.1) is 6.61 Å². The van der Waals surface area contributed by atoms with E-state index in [1.807, 2.05) is 17.9 Å². The SMILES string of the molecule is CCOC(=O)N1CCC2Nc3ccccc3C2C1. The molecular weight excluding hydrogens is 228 g/mol. The average Bonchev–Trinajstić information content (AvgIpc) is 2.76. The summed E-state index contributed by atoms with van der Waals surface area (Å²) in [6.07, 6.45) is 0.804. The first-order chi connectivity index (χ1) is 8.79. The molecule has 4 heteroatoms. The van der Waals surface area contributed by atoms with Crippen molar-refractivity contribution in [2.24, 2.45) is 0 Å². The zero-order valence-corrected chi connectivity index (χ0v) is 10.6. The number of nitrogens with zero attached hydrogens (tertiary/aromatic N) is 1. The number of rotatable bonds is 1. The van der Waals surface area contributed by atoms with Crippen LogP contribution in [0.4, 0.5) is 10.5 Å². The van der Waals surface area contributed by atoms with Gasteiger partial charge >= 0.3 is 6.09 Å². The van der Waals surface area contributed by atoms with Crippen molar-refractivity contribution in [3.63, 3.8) is 0 Å². The number of hydrogen-bond donors (Lipinski definition) is 1. The number of likely N-dealkylation sites (tertiary alicyclic amines) is 1. The maximum Gasteiger partial charge on any atom is 0.409 e. The number of nitrogens with one attached hydrogen (secondary N) is 1. The highest BCUT2D eigenvalue weighted by atomic mass is 16.6. The van der Waals surface area contributed by atoms with Crippen LogP contribution >= 0.6 is 0 Å². The molecule has 18 heavy (non-hydrogen) atoms. The van der Waals surface area contributed by atoms with Crippen molar-refractivity contribution in [3.05, 3.63) is 29.8 Å². The molecule has 2 aliphatic rings. The molecule has 2 atom stereocenters.